The number of carbonyl (C=O) groups excluding carboxylic acids is 2. The van der Waals surface area contributed by atoms with Gasteiger partial charge >= 0.3 is 5.97 Å². The van der Waals surface area contributed by atoms with Crippen LogP contribution in [0.3, 0.4) is 0 Å². The Balaban J connectivity index is 2.30. The molecular formula is C20H23NO7. The van der Waals surface area contributed by atoms with E-state index in [1.54, 1.807) is 45.0 Å². The number of benzene rings is 1. The molecule has 1 aliphatic carbocycles. The van der Waals surface area contributed by atoms with E-state index in [0.717, 1.165) is 0 Å². The van der Waals surface area contributed by atoms with E-state index in [0.29, 0.717) is 18.4 Å². The molecule has 0 aromatic heterocycles. The predicted octanol–water partition coefficient (Wildman–Crippen LogP) is 3.49. The first-order chi connectivity index (χ1) is 13.1. The predicted molar refractivity (Wildman–Crippen MR) is 99.5 cm³/mol. The van der Waals surface area contributed by atoms with Gasteiger partial charge < -0.3 is 9.94 Å². The lowest BCUT2D eigenvalue weighted by molar-refractivity contribution is -0.757. The highest BCUT2D eigenvalue weighted by molar-refractivity contribution is 6.27. The number of carboxylic acid groups (broad SMARTS) is 1. The van der Waals surface area contributed by atoms with Gasteiger partial charge in [-0.2, -0.15) is 0 Å². The normalized spacial score (nSPS) is 15.2. The van der Waals surface area contributed by atoms with E-state index in [1.165, 1.54) is 0 Å². The van der Waals surface area contributed by atoms with Crippen molar-refractivity contribution in [3.05, 3.63) is 56.7 Å². The van der Waals surface area contributed by atoms with Crippen LogP contribution in [0.2, 0.25) is 0 Å². The first-order valence-electron chi connectivity index (χ1n) is 8.99. The van der Waals surface area contributed by atoms with Crippen LogP contribution < -0.4 is 0 Å². The monoisotopic (exact) mass is 389 g/mol. The molecule has 0 heterocycles. The maximum Gasteiger partial charge on any atom is 0.307 e. The second-order valence-corrected chi connectivity index (χ2v) is 7.37. The number of nitrogens with zero attached hydrogens (tertiary/aromatic N) is 1. The van der Waals surface area contributed by atoms with Crippen LogP contribution >= 0.6 is 0 Å². The number of fused-ring (bicyclic) bond motifs is 1. The molecule has 28 heavy (non-hydrogen) atoms. The van der Waals surface area contributed by atoms with E-state index in [1.807, 2.05) is 0 Å². The number of allylic oxidation sites excluding steroid dienone is 2. The third-order valence-electron chi connectivity index (χ3n) is 5.26. The molecule has 1 aliphatic rings. The van der Waals surface area contributed by atoms with Gasteiger partial charge in [0.05, 0.1) is 12.5 Å². The molecule has 0 saturated carbocycles. The minimum atomic E-state index is -1.10. The van der Waals surface area contributed by atoms with Gasteiger partial charge in [0.15, 0.2) is 11.6 Å². The molecule has 1 atom stereocenters. The van der Waals surface area contributed by atoms with Crippen molar-refractivity contribution >= 4 is 17.5 Å². The summed E-state index contributed by atoms with van der Waals surface area (Å²) in [7, 11) is 0. The van der Waals surface area contributed by atoms with Crippen LogP contribution in [0.5, 0.6) is 0 Å². The number of carbonyl (C=O) groups is 3. The van der Waals surface area contributed by atoms with Crippen LogP contribution in [-0.2, 0) is 9.63 Å². The maximum absolute atomic E-state index is 13.1. The number of unbranched alkanes of at least 4 members (excludes halogenated alkanes) is 1. The SMILES string of the molecule is CC1=C(C(C)(C)C(CCCCO[N+](=O)[O-])C(=O)O)C(=O)c2ccccc2C1=O. The van der Waals surface area contributed by atoms with Crippen molar-refractivity contribution in [3.63, 3.8) is 0 Å². The summed E-state index contributed by atoms with van der Waals surface area (Å²) in [6.07, 6.45) is 0.886. The molecule has 0 bridgehead atoms. The summed E-state index contributed by atoms with van der Waals surface area (Å²) in [5.74, 6) is -2.63. The number of hydrogen-bond donors (Lipinski definition) is 1. The number of ketones is 2. The summed E-state index contributed by atoms with van der Waals surface area (Å²) in [5, 5.41) is 19.1. The van der Waals surface area contributed by atoms with Gasteiger partial charge in [0.25, 0.3) is 5.09 Å². The van der Waals surface area contributed by atoms with E-state index in [-0.39, 0.29) is 41.3 Å². The number of Topliss-reactive ketones (excluding diaryl/α,β-unsaturated/α-hetero) is 2. The van der Waals surface area contributed by atoms with Crippen molar-refractivity contribution in [2.45, 2.75) is 40.0 Å². The van der Waals surface area contributed by atoms with E-state index in [4.69, 9.17) is 0 Å². The minimum Gasteiger partial charge on any atom is -0.481 e. The second-order valence-electron chi connectivity index (χ2n) is 7.37. The summed E-state index contributed by atoms with van der Waals surface area (Å²) in [6.45, 7) is 4.73. The van der Waals surface area contributed by atoms with E-state index < -0.39 is 22.4 Å². The summed E-state index contributed by atoms with van der Waals surface area (Å²) in [5.41, 5.74) is -0.0139. The Kier molecular flexibility index (Phi) is 6.33. The zero-order chi connectivity index (χ0) is 21.1. The first kappa shape index (κ1) is 21.3. The van der Waals surface area contributed by atoms with Crippen molar-refractivity contribution in [1.82, 2.24) is 0 Å². The van der Waals surface area contributed by atoms with Crippen molar-refractivity contribution in [1.29, 1.82) is 0 Å². The van der Waals surface area contributed by atoms with E-state index in [2.05, 4.69) is 4.84 Å². The van der Waals surface area contributed by atoms with Gasteiger partial charge in [0.1, 0.15) is 0 Å². The van der Waals surface area contributed by atoms with Crippen LogP contribution in [0.25, 0.3) is 0 Å². The number of carboxylic acids is 1. The van der Waals surface area contributed by atoms with Gasteiger partial charge in [-0.3, -0.25) is 14.4 Å². The number of aliphatic carboxylic acids is 1. The highest BCUT2D eigenvalue weighted by Crippen LogP contribution is 2.44. The molecule has 150 valence electrons. The fourth-order valence-electron chi connectivity index (χ4n) is 3.83. The van der Waals surface area contributed by atoms with Crippen molar-refractivity contribution < 1.29 is 29.4 Å². The lowest BCUT2D eigenvalue weighted by Gasteiger charge is -2.36. The van der Waals surface area contributed by atoms with Gasteiger partial charge in [-0.1, -0.05) is 44.5 Å². The van der Waals surface area contributed by atoms with Gasteiger partial charge in [-0.25, -0.2) is 0 Å². The largest absolute Gasteiger partial charge is 0.481 e. The molecule has 0 saturated heterocycles. The second kappa shape index (κ2) is 8.33. The molecule has 0 radical (unpaired) electrons. The third-order valence-corrected chi connectivity index (χ3v) is 5.26. The zero-order valence-electron chi connectivity index (χ0n) is 16.1. The Morgan fingerprint density at radius 3 is 2.29 bits per heavy atom. The summed E-state index contributed by atoms with van der Waals surface area (Å²) < 4.78 is 0. The molecule has 1 unspecified atom stereocenters. The third kappa shape index (κ3) is 4.11. The molecule has 8 nitrogen and oxygen atoms in total. The Bertz CT molecular complexity index is 854. The standard InChI is InChI=1S/C20H23NO7/c1-12-16(18(23)14-9-5-4-8-13(14)17(12)22)20(2,3)15(19(24)25)10-6-7-11-28-21(26)27/h4-5,8-9,15H,6-7,10-11H2,1-3H3,(H,24,25). The fourth-order valence-corrected chi connectivity index (χ4v) is 3.83. The Morgan fingerprint density at radius 1 is 1.18 bits per heavy atom. The zero-order valence-corrected chi connectivity index (χ0v) is 16.1. The van der Waals surface area contributed by atoms with E-state index in [9.17, 15) is 29.6 Å². The summed E-state index contributed by atoms with van der Waals surface area (Å²) in [6, 6.07) is 6.51. The van der Waals surface area contributed by atoms with Crippen LogP contribution in [0.1, 0.15) is 60.7 Å². The fraction of sp³-hybridized carbons (Fsp3) is 0.450. The quantitative estimate of drug-likeness (QED) is 0.389. The molecule has 1 aromatic rings. The molecule has 0 amide bonds. The average molecular weight is 389 g/mol. The lowest BCUT2D eigenvalue weighted by Crippen LogP contribution is -2.38. The highest BCUT2D eigenvalue weighted by Gasteiger charge is 2.44. The van der Waals surface area contributed by atoms with Crippen LogP contribution in [-0.4, -0.2) is 34.3 Å². The lowest BCUT2D eigenvalue weighted by atomic mass is 9.65. The maximum atomic E-state index is 13.1. The van der Waals surface area contributed by atoms with E-state index >= 15 is 0 Å². The Labute approximate surface area is 162 Å². The van der Waals surface area contributed by atoms with Crippen molar-refractivity contribution in [2.24, 2.45) is 11.3 Å². The molecule has 0 aliphatic heterocycles. The molecule has 8 heteroatoms. The van der Waals surface area contributed by atoms with Gasteiger partial charge in [0.2, 0.25) is 0 Å². The summed E-state index contributed by atoms with van der Waals surface area (Å²) >= 11 is 0. The topological polar surface area (TPSA) is 124 Å². The molecule has 0 spiro atoms. The van der Waals surface area contributed by atoms with Gasteiger partial charge in [-0.05, 0) is 19.8 Å². The van der Waals surface area contributed by atoms with Crippen molar-refractivity contribution in [3.8, 4) is 0 Å². The molecule has 1 aromatic carbocycles. The number of hydrogen-bond acceptors (Lipinski definition) is 6. The average Bonchev–Trinajstić information content (AvgIpc) is 2.62. The molecule has 2 rings (SSSR count). The van der Waals surface area contributed by atoms with Gasteiger partial charge in [0, 0.05) is 27.7 Å². The smallest absolute Gasteiger partial charge is 0.307 e. The van der Waals surface area contributed by atoms with Crippen LogP contribution in [0, 0.1) is 21.4 Å². The number of rotatable bonds is 9. The molecular weight excluding hydrogens is 366 g/mol. The summed E-state index contributed by atoms with van der Waals surface area (Å²) in [4.78, 5) is 52.2. The molecule has 1 N–H and O–H groups in total. The van der Waals surface area contributed by atoms with Crippen LogP contribution in [0.4, 0.5) is 0 Å². The first-order valence-corrected chi connectivity index (χ1v) is 8.99. The minimum absolute atomic E-state index is 0.119. The van der Waals surface area contributed by atoms with Crippen molar-refractivity contribution in [2.75, 3.05) is 6.61 Å². The highest BCUT2D eigenvalue weighted by atomic mass is 16.9. The molecule has 0 fully saturated rings. The van der Waals surface area contributed by atoms with Crippen LogP contribution in [0.15, 0.2) is 35.4 Å². The Morgan fingerprint density at radius 2 is 1.75 bits per heavy atom. The Hall–Kier alpha value is -3.03. The van der Waals surface area contributed by atoms with Gasteiger partial charge in [-0.15, -0.1) is 10.1 Å².